The molecular formula is C34H40FN5O5. The summed E-state index contributed by atoms with van der Waals surface area (Å²) in [6.07, 6.45) is 8.40. The number of fused-ring (bicyclic) bond motifs is 4. The van der Waals surface area contributed by atoms with Gasteiger partial charge in [-0.1, -0.05) is 18.6 Å². The highest BCUT2D eigenvalue weighted by Crippen LogP contribution is 2.46. The van der Waals surface area contributed by atoms with E-state index in [1.54, 1.807) is 12.1 Å². The fraction of sp³-hybridized carbons (Fsp3) is 0.559. The van der Waals surface area contributed by atoms with E-state index in [0.29, 0.717) is 49.7 Å². The van der Waals surface area contributed by atoms with Crippen LogP contribution in [0.5, 0.6) is 17.6 Å². The predicted molar refractivity (Wildman–Crippen MR) is 167 cm³/mol. The van der Waals surface area contributed by atoms with Crippen LogP contribution in [-0.4, -0.2) is 94.3 Å². The zero-order valence-electron chi connectivity index (χ0n) is 25.7. The van der Waals surface area contributed by atoms with Crippen LogP contribution in [0, 0.1) is 5.82 Å². The number of aryl methyl sites for hydroxylation is 1. The zero-order valence-corrected chi connectivity index (χ0v) is 25.7. The molecule has 11 heteroatoms. The number of nitrogens with zero attached hydrogens (tertiary/aromatic N) is 5. The van der Waals surface area contributed by atoms with Gasteiger partial charge in [-0.3, -0.25) is 4.90 Å². The molecule has 2 N–H and O–H groups in total. The first-order chi connectivity index (χ1) is 21.9. The van der Waals surface area contributed by atoms with Crippen LogP contribution in [0.2, 0.25) is 0 Å². The molecule has 45 heavy (non-hydrogen) atoms. The highest BCUT2D eigenvalue weighted by atomic mass is 19.1. The second-order valence-corrected chi connectivity index (χ2v) is 13.3. The minimum Gasteiger partial charge on any atom is -0.508 e. The number of pyridine rings is 1. The van der Waals surface area contributed by atoms with Gasteiger partial charge in [-0.05, 0) is 80.7 Å². The normalized spacial score (nSPS) is 27.1. The number of aromatic nitrogens is 3. The number of aromatic hydroxyl groups is 1. The summed E-state index contributed by atoms with van der Waals surface area (Å²) in [5.74, 6) is 0.550. The second kappa shape index (κ2) is 11.4. The number of rotatable bonds is 5. The Balaban J connectivity index is 1.27. The van der Waals surface area contributed by atoms with Gasteiger partial charge >= 0.3 is 6.01 Å². The summed E-state index contributed by atoms with van der Waals surface area (Å²) in [5, 5.41) is 20.6. The molecule has 0 spiro atoms. The minimum atomic E-state index is -0.573. The van der Waals surface area contributed by atoms with Crippen LogP contribution in [0.4, 0.5) is 10.2 Å². The molecule has 10 nitrogen and oxygen atoms in total. The smallest absolute Gasteiger partial charge is 0.319 e. The number of aliphatic hydroxyl groups excluding tert-OH is 1. The van der Waals surface area contributed by atoms with Crippen molar-refractivity contribution in [3.05, 3.63) is 40.7 Å². The topological polar surface area (TPSA) is 113 Å². The molecule has 0 unspecified atom stereocenters. The van der Waals surface area contributed by atoms with Gasteiger partial charge in [0.1, 0.15) is 41.4 Å². The third-order valence-corrected chi connectivity index (χ3v) is 10.5. The molecule has 3 aromatic rings. The van der Waals surface area contributed by atoms with E-state index in [1.165, 1.54) is 5.57 Å². The average molecular weight is 618 g/mol. The van der Waals surface area contributed by atoms with Gasteiger partial charge in [0, 0.05) is 25.3 Å². The largest absolute Gasteiger partial charge is 0.508 e. The summed E-state index contributed by atoms with van der Waals surface area (Å²) in [6.45, 7) is 6.41. The Kier molecular flexibility index (Phi) is 7.30. The van der Waals surface area contributed by atoms with Crippen molar-refractivity contribution in [1.29, 1.82) is 0 Å². The number of phenols is 1. The van der Waals surface area contributed by atoms with E-state index in [9.17, 15) is 10.2 Å². The number of ether oxygens (including phenoxy) is 3. The summed E-state index contributed by atoms with van der Waals surface area (Å²) >= 11 is 0. The van der Waals surface area contributed by atoms with Crippen molar-refractivity contribution < 1.29 is 28.8 Å². The third kappa shape index (κ3) is 4.90. The van der Waals surface area contributed by atoms with Gasteiger partial charge in [0.05, 0.1) is 24.8 Å². The molecule has 4 aliphatic heterocycles. The maximum Gasteiger partial charge on any atom is 0.319 e. The number of benzene rings is 1. The van der Waals surface area contributed by atoms with Crippen LogP contribution in [0.1, 0.15) is 62.5 Å². The molecule has 2 aromatic heterocycles. The van der Waals surface area contributed by atoms with Crippen LogP contribution in [-0.2, 0) is 11.2 Å². The summed E-state index contributed by atoms with van der Waals surface area (Å²) in [4.78, 5) is 19.0. The molecule has 3 fully saturated rings. The molecule has 0 radical (unpaired) electrons. The Morgan fingerprint density at radius 3 is 2.96 bits per heavy atom. The first kappa shape index (κ1) is 28.9. The number of phenolic OH excluding ortho intramolecular Hbond substituents is 1. The Morgan fingerprint density at radius 2 is 2.07 bits per heavy atom. The SMILES string of the molecule is C[C@@H]1CCCc2cc(O)cc(-c3nc4c5c(nc(OC[C@@]67CCCN6C/C(=C\CO)C7)nc5c3F)N3CCCOC[C@H]3CO4)c21. The quantitative estimate of drug-likeness (QED) is 0.397. The highest BCUT2D eigenvalue weighted by Gasteiger charge is 2.47. The Morgan fingerprint density at radius 1 is 1.16 bits per heavy atom. The van der Waals surface area contributed by atoms with E-state index in [2.05, 4.69) is 16.7 Å². The molecule has 0 bridgehead atoms. The second-order valence-electron chi connectivity index (χ2n) is 13.3. The average Bonchev–Trinajstić information content (AvgIpc) is 3.40. The van der Waals surface area contributed by atoms with Gasteiger partial charge < -0.3 is 29.3 Å². The van der Waals surface area contributed by atoms with Crippen LogP contribution >= 0.6 is 0 Å². The van der Waals surface area contributed by atoms with Crippen molar-refractivity contribution >= 4 is 16.7 Å². The standard InChI is InChI=1S/C34H40FN5O5/c1-20-5-2-6-22-13-24(42)14-25(26(20)22)29-28(35)30-27-31(40-10-4-12-43-17-23(40)18-44-32(27)36-29)38-33(37-30)45-19-34-8-3-9-39(34)16-21(15-34)7-11-41/h7,13-14,20,23,41-42H,2-6,8-12,15-19H2,1H3/b21-7-/t20-,23+,34+/m1/s1. The lowest BCUT2D eigenvalue weighted by Crippen LogP contribution is -2.43. The predicted octanol–water partition coefficient (Wildman–Crippen LogP) is 4.50. The van der Waals surface area contributed by atoms with E-state index in [4.69, 9.17) is 29.2 Å². The molecule has 1 aromatic carbocycles. The molecule has 6 heterocycles. The fourth-order valence-corrected chi connectivity index (χ4v) is 8.35. The lowest BCUT2D eigenvalue weighted by atomic mass is 9.80. The first-order valence-electron chi connectivity index (χ1n) is 16.4. The number of aliphatic hydroxyl groups is 1. The Bertz CT molecular complexity index is 1680. The Hall–Kier alpha value is -3.54. The number of hydrogen-bond acceptors (Lipinski definition) is 10. The monoisotopic (exact) mass is 617 g/mol. The maximum atomic E-state index is 17.0. The molecule has 238 valence electrons. The summed E-state index contributed by atoms with van der Waals surface area (Å²) in [6, 6.07) is 3.41. The molecule has 3 saturated heterocycles. The van der Waals surface area contributed by atoms with Gasteiger partial charge in [-0.25, -0.2) is 9.37 Å². The molecular weight excluding hydrogens is 577 g/mol. The maximum absolute atomic E-state index is 17.0. The summed E-state index contributed by atoms with van der Waals surface area (Å²) in [7, 11) is 0. The van der Waals surface area contributed by atoms with Crippen LogP contribution in [0.25, 0.3) is 22.2 Å². The van der Waals surface area contributed by atoms with Crippen LogP contribution in [0.3, 0.4) is 0 Å². The molecule has 1 aliphatic carbocycles. The molecule has 0 amide bonds. The van der Waals surface area contributed by atoms with Crippen LogP contribution < -0.4 is 14.4 Å². The van der Waals surface area contributed by atoms with E-state index in [1.807, 2.05) is 6.08 Å². The van der Waals surface area contributed by atoms with Crippen molar-refractivity contribution in [2.45, 2.75) is 69.4 Å². The van der Waals surface area contributed by atoms with Crippen molar-refractivity contribution in [2.24, 2.45) is 0 Å². The highest BCUT2D eigenvalue weighted by molar-refractivity contribution is 5.97. The number of halogens is 1. The van der Waals surface area contributed by atoms with Gasteiger partial charge in [0.2, 0.25) is 5.88 Å². The van der Waals surface area contributed by atoms with Gasteiger partial charge in [0.25, 0.3) is 0 Å². The summed E-state index contributed by atoms with van der Waals surface area (Å²) in [5.41, 5.74) is 3.88. The zero-order chi connectivity index (χ0) is 30.7. The van der Waals surface area contributed by atoms with Crippen molar-refractivity contribution in [1.82, 2.24) is 19.9 Å². The lowest BCUT2D eigenvalue weighted by Gasteiger charge is -2.31. The van der Waals surface area contributed by atoms with Crippen molar-refractivity contribution in [3.8, 4) is 28.9 Å². The van der Waals surface area contributed by atoms with Gasteiger partial charge in [-0.15, -0.1) is 0 Å². The fourth-order valence-electron chi connectivity index (χ4n) is 8.35. The molecule has 8 rings (SSSR count). The van der Waals surface area contributed by atoms with E-state index in [0.717, 1.165) is 69.2 Å². The van der Waals surface area contributed by atoms with Crippen molar-refractivity contribution in [3.63, 3.8) is 0 Å². The molecule has 3 atom stereocenters. The number of anilines is 1. The van der Waals surface area contributed by atoms with Crippen LogP contribution in [0.15, 0.2) is 23.8 Å². The number of hydrogen-bond donors (Lipinski definition) is 2. The van der Waals surface area contributed by atoms with E-state index < -0.39 is 5.82 Å². The first-order valence-corrected chi connectivity index (χ1v) is 16.4. The Labute approximate surface area is 261 Å². The molecule has 5 aliphatic rings. The molecule has 0 saturated carbocycles. The van der Waals surface area contributed by atoms with Gasteiger partial charge in [0.15, 0.2) is 5.82 Å². The third-order valence-electron chi connectivity index (χ3n) is 10.5. The lowest BCUT2D eigenvalue weighted by molar-refractivity contribution is 0.108. The van der Waals surface area contributed by atoms with Gasteiger partial charge in [-0.2, -0.15) is 9.97 Å². The minimum absolute atomic E-state index is 0.0270. The van der Waals surface area contributed by atoms with Crippen molar-refractivity contribution in [2.75, 3.05) is 57.6 Å². The van der Waals surface area contributed by atoms with E-state index in [-0.39, 0.29) is 53.0 Å². The summed E-state index contributed by atoms with van der Waals surface area (Å²) < 4.78 is 35.6. The van der Waals surface area contributed by atoms with E-state index >= 15 is 4.39 Å².